The van der Waals surface area contributed by atoms with Crippen LogP contribution in [0.5, 0.6) is 0 Å². The van der Waals surface area contributed by atoms with Gasteiger partial charge in [0, 0.05) is 28.4 Å². The zero-order valence-corrected chi connectivity index (χ0v) is 33.2. The van der Waals surface area contributed by atoms with Crippen LogP contribution in [0.25, 0.3) is 75.1 Å². The molecule has 4 aromatic heterocycles. The molecule has 1 aliphatic heterocycles. The fraction of sp³-hybridized carbons (Fsp3) is 0.0612. The maximum atomic E-state index is 5.13. The summed E-state index contributed by atoms with van der Waals surface area (Å²) in [6.07, 6.45) is 0. The second kappa shape index (κ2) is 12.8. The van der Waals surface area contributed by atoms with Gasteiger partial charge in [-0.15, -0.1) is 22.7 Å². The number of benzene rings is 7. The Morgan fingerprint density at radius 2 is 1.09 bits per heavy atom. The van der Waals surface area contributed by atoms with Crippen LogP contribution in [0.2, 0.25) is 0 Å². The minimum atomic E-state index is 0.210. The van der Waals surface area contributed by atoms with Crippen LogP contribution in [0, 0.1) is 0 Å². The van der Waals surface area contributed by atoms with E-state index >= 15 is 0 Å². The normalized spacial score (nSPS) is 14.3. The van der Waals surface area contributed by atoms with Gasteiger partial charge in [0.1, 0.15) is 15.9 Å². The van der Waals surface area contributed by atoms with Crippen LogP contribution >= 0.6 is 22.7 Å². The summed E-state index contributed by atoms with van der Waals surface area (Å²) >= 11 is 3.42. The smallest absolute Gasteiger partial charge is 0.220 e. The number of para-hydroxylation sites is 6. The zero-order valence-electron chi connectivity index (χ0n) is 31.5. The van der Waals surface area contributed by atoms with Gasteiger partial charge in [0.15, 0.2) is 0 Å². The number of hydrogen-bond donors (Lipinski definition) is 0. The number of hydrogen-bond acceptors (Lipinski definition) is 7. The van der Waals surface area contributed by atoms with Gasteiger partial charge in [-0.05, 0) is 115 Å². The van der Waals surface area contributed by atoms with E-state index in [0.29, 0.717) is 0 Å². The standard InChI is InChI=1S/C49H33N7S2/c1-29-35-11-3-5-13-37(35)50-30(2)54(41-15-7-4-12-36(29)41)33-23-19-31(20-24-33)47-51-39-27-46-40(28-45(39)57-47)52-48(58-46)32-21-25-34(26-22-32)55-43-17-9-10-18-44(43)56-42-16-8-6-14-38(42)53-49(55)56/h3-29H,1-2H3. The van der Waals surface area contributed by atoms with E-state index in [2.05, 4.69) is 179 Å². The van der Waals surface area contributed by atoms with Gasteiger partial charge < -0.3 is 0 Å². The third-order valence-corrected chi connectivity index (χ3v) is 13.5. The molecule has 12 rings (SSSR count). The average Bonchev–Trinajstić information content (AvgIpc) is 4.04. The first kappa shape index (κ1) is 33.2. The number of imidazole rings is 2. The SMILES string of the molecule is CC1=Nc2ccccc2C(C)c2ccccc2N1c1ccc(-c2nc3cc4sc(-c5ccc(-n6c7ccccc7n7c8ccccc8nc67)cc5)nc4cc3s2)cc1. The molecule has 0 spiro atoms. The van der Waals surface area contributed by atoms with Gasteiger partial charge in [0.05, 0.1) is 53.9 Å². The molecule has 58 heavy (non-hydrogen) atoms. The summed E-state index contributed by atoms with van der Waals surface area (Å²) in [5, 5.41) is 1.99. The van der Waals surface area contributed by atoms with Crippen LogP contribution in [0.3, 0.4) is 0 Å². The Morgan fingerprint density at radius 3 is 1.79 bits per heavy atom. The fourth-order valence-electron chi connectivity index (χ4n) is 8.61. The summed E-state index contributed by atoms with van der Waals surface area (Å²) in [5.74, 6) is 2.05. The van der Waals surface area contributed by atoms with Crippen molar-refractivity contribution >= 4 is 93.8 Å². The lowest BCUT2D eigenvalue weighted by atomic mass is 9.89. The van der Waals surface area contributed by atoms with Gasteiger partial charge in [-0.1, -0.05) is 67.6 Å². The Kier molecular flexibility index (Phi) is 7.33. The Hall–Kier alpha value is -6.94. The van der Waals surface area contributed by atoms with E-state index < -0.39 is 0 Å². The summed E-state index contributed by atoms with van der Waals surface area (Å²) in [6.45, 7) is 4.36. The van der Waals surface area contributed by atoms with Crippen molar-refractivity contribution in [1.29, 1.82) is 0 Å². The van der Waals surface area contributed by atoms with Crippen molar-refractivity contribution in [2.45, 2.75) is 19.8 Å². The molecular formula is C49H33N7S2. The molecule has 0 saturated heterocycles. The second-order valence-corrected chi connectivity index (χ2v) is 16.9. The number of rotatable bonds is 4. The number of aliphatic imine (C=N–C) groups is 1. The van der Waals surface area contributed by atoms with Crippen LogP contribution in [0.15, 0.2) is 163 Å². The fourth-order valence-corrected chi connectivity index (χ4v) is 10.6. The van der Waals surface area contributed by atoms with E-state index in [4.69, 9.17) is 19.9 Å². The van der Waals surface area contributed by atoms with Crippen molar-refractivity contribution in [2.24, 2.45) is 4.99 Å². The summed E-state index contributed by atoms with van der Waals surface area (Å²) in [7, 11) is 0. The Morgan fingerprint density at radius 1 is 0.517 bits per heavy atom. The highest BCUT2D eigenvalue weighted by Crippen LogP contribution is 2.43. The van der Waals surface area contributed by atoms with Gasteiger partial charge in [-0.2, -0.15) is 0 Å². The molecule has 1 atom stereocenters. The topological polar surface area (TPSA) is 63.6 Å². The lowest BCUT2D eigenvalue weighted by molar-refractivity contribution is 0.914. The number of nitrogens with zero attached hydrogens (tertiary/aromatic N) is 7. The molecule has 0 amide bonds. The van der Waals surface area contributed by atoms with Crippen molar-refractivity contribution in [3.05, 3.63) is 169 Å². The van der Waals surface area contributed by atoms with Crippen LogP contribution in [-0.2, 0) is 0 Å². The van der Waals surface area contributed by atoms with Crippen LogP contribution < -0.4 is 4.90 Å². The van der Waals surface area contributed by atoms with E-state index in [1.807, 2.05) is 6.07 Å². The summed E-state index contributed by atoms with van der Waals surface area (Å²) in [6, 6.07) is 55.8. The van der Waals surface area contributed by atoms with Gasteiger partial charge in [0.2, 0.25) is 5.78 Å². The van der Waals surface area contributed by atoms with E-state index in [-0.39, 0.29) is 5.92 Å². The highest BCUT2D eigenvalue weighted by molar-refractivity contribution is 7.23. The molecule has 11 aromatic rings. The first-order chi connectivity index (χ1) is 28.6. The maximum absolute atomic E-state index is 5.13. The van der Waals surface area contributed by atoms with Gasteiger partial charge in [-0.25, -0.2) is 19.9 Å². The number of thiazole rings is 2. The number of anilines is 2. The average molecular weight is 784 g/mol. The predicted octanol–water partition coefficient (Wildman–Crippen LogP) is 13.3. The molecule has 276 valence electrons. The highest BCUT2D eigenvalue weighted by Gasteiger charge is 2.25. The molecule has 0 radical (unpaired) electrons. The third-order valence-electron chi connectivity index (χ3n) is 11.4. The van der Waals surface area contributed by atoms with E-state index in [0.717, 1.165) is 98.0 Å². The largest absolute Gasteiger partial charge is 0.298 e. The van der Waals surface area contributed by atoms with Crippen molar-refractivity contribution < 1.29 is 0 Å². The van der Waals surface area contributed by atoms with Gasteiger partial charge in [0.25, 0.3) is 0 Å². The Bertz CT molecular complexity index is 3390. The molecule has 1 unspecified atom stereocenters. The minimum absolute atomic E-state index is 0.210. The van der Waals surface area contributed by atoms with Crippen LogP contribution in [0.1, 0.15) is 30.9 Å². The Balaban J connectivity index is 0.852. The summed E-state index contributed by atoms with van der Waals surface area (Å²) < 4.78 is 6.75. The molecule has 0 saturated carbocycles. The monoisotopic (exact) mass is 783 g/mol. The predicted molar refractivity (Wildman–Crippen MR) is 242 cm³/mol. The van der Waals surface area contributed by atoms with Crippen molar-refractivity contribution in [3.63, 3.8) is 0 Å². The molecule has 9 heteroatoms. The number of amidine groups is 1. The van der Waals surface area contributed by atoms with E-state index in [1.54, 1.807) is 22.7 Å². The quantitative estimate of drug-likeness (QED) is 0.178. The first-order valence-corrected chi connectivity index (χ1v) is 21.0. The van der Waals surface area contributed by atoms with Crippen molar-refractivity contribution in [1.82, 2.24) is 23.9 Å². The maximum Gasteiger partial charge on any atom is 0.220 e. The van der Waals surface area contributed by atoms with Crippen molar-refractivity contribution in [2.75, 3.05) is 4.90 Å². The lowest BCUT2D eigenvalue weighted by Crippen LogP contribution is -2.25. The highest BCUT2D eigenvalue weighted by atomic mass is 32.1. The molecule has 0 bridgehead atoms. The van der Waals surface area contributed by atoms with Crippen LogP contribution in [0.4, 0.5) is 17.1 Å². The third kappa shape index (κ3) is 5.10. The van der Waals surface area contributed by atoms with Crippen molar-refractivity contribution in [3.8, 4) is 26.8 Å². The molecule has 1 aliphatic rings. The first-order valence-electron chi connectivity index (χ1n) is 19.4. The second-order valence-electron chi connectivity index (χ2n) is 14.8. The molecule has 0 N–H and O–H groups in total. The van der Waals surface area contributed by atoms with E-state index in [1.165, 1.54) is 11.1 Å². The Labute approximate surface area is 341 Å². The van der Waals surface area contributed by atoms with Crippen LogP contribution in [-0.4, -0.2) is 29.8 Å². The van der Waals surface area contributed by atoms with Gasteiger partial charge >= 0.3 is 0 Å². The minimum Gasteiger partial charge on any atom is -0.298 e. The lowest BCUT2D eigenvalue weighted by Gasteiger charge is -2.31. The molecule has 7 nitrogen and oxygen atoms in total. The van der Waals surface area contributed by atoms with E-state index in [9.17, 15) is 0 Å². The van der Waals surface area contributed by atoms with Gasteiger partial charge in [-0.3, -0.25) is 13.9 Å². The molecule has 7 aromatic carbocycles. The summed E-state index contributed by atoms with van der Waals surface area (Å²) in [5.41, 5.74) is 15.3. The number of fused-ring (bicyclic) bond motifs is 9. The molecular weight excluding hydrogens is 751 g/mol. The zero-order chi connectivity index (χ0) is 38.5. The number of aromatic nitrogens is 5. The molecule has 5 heterocycles. The molecule has 0 fully saturated rings. The molecule has 0 aliphatic carbocycles. The summed E-state index contributed by atoms with van der Waals surface area (Å²) in [4.78, 5) is 22.7.